The van der Waals surface area contributed by atoms with Crippen molar-refractivity contribution in [2.45, 2.75) is 39.8 Å². The average Bonchev–Trinajstić information content (AvgIpc) is 3.25. The Morgan fingerprint density at radius 2 is 1.90 bits per heavy atom. The number of anilines is 1. The molecule has 4 N–H and O–H groups in total. The monoisotopic (exact) mass is 420 g/mol. The second-order valence-electron chi connectivity index (χ2n) is 8.00. The highest BCUT2D eigenvalue weighted by molar-refractivity contribution is 6.03. The fourth-order valence-corrected chi connectivity index (χ4v) is 3.46. The first kappa shape index (κ1) is 22.1. The van der Waals surface area contributed by atoms with Crippen LogP contribution in [0.5, 0.6) is 0 Å². The number of hydrogen-bond acceptors (Lipinski definition) is 4. The number of carbonyl (C=O) groups is 2. The molecule has 0 saturated heterocycles. The Morgan fingerprint density at radius 1 is 1.13 bits per heavy atom. The highest BCUT2D eigenvalue weighted by Gasteiger charge is 2.23. The van der Waals surface area contributed by atoms with Crippen LogP contribution in [0.3, 0.4) is 0 Å². The summed E-state index contributed by atoms with van der Waals surface area (Å²) in [6.07, 6.45) is 3.74. The molecule has 0 unspecified atom stereocenters. The Hall–Kier alpha value is -3.61. The zero-order valence-corrected chi connectivity index (χ0v) is 18.0. The molecular formula is C24H28N4O3. The number of carbonyl (C=O) groups excluding carboxylic acids is 1. The third-order valence-electron chi connectivity index (χ3n) is 5.05. The standard InChI is InChI=1S/C24H28N4O3/c1-15(2)10-22(24(30)31)28-23(29)20-9-8-17(26-13-18-12-25-14-27-18)11-21(20)19-7-5-4-6-16(19)3/h4-9,11-12,14-15,22,26H,10,13H2,1-3H3,(H,25,27)(H,28,29)(H,30,31)/t22-/m0/s1. The number of benzene rings is 2. The van der Waals surface area contributed by atoms with Crippen LogP contribution in [0.4, 0.5) is 5.69 Å². The minimum absolute atomic E-state index is 0.145. The molecular weight excluding hydrogens is 392 g/mol. The van der Waals surface area contributed by atoms with E-state index in [0.717, 1.165) is 28.1 Å². The molecule has 7 nitrogen and oxygen atoms in total. The van der Waals surface area contributed by atoms with Gasteiger partial charge in [-0.15, -0.1) is 0 Å². The molecule has 0 fully saturated rings. The van der Waals surface area contributed by atoms with Crippen LogP contribution < -0.4 is 10.6 Å². The van der Waals surface area contributed by atoms with Crippen LogP contribution in [0.15, 0.2) is 55.0 Å². The summed E-state index contributed by atoms with van der Waals surface area (Å²) in [5, 5.41) is 15.5. The molecule has 1 amide bonds. The number of carboxylic acids is 1. The first-order valence-corrected chi connectivity index (χ1v) is 10.3. The summed E-state index contributed by atoms with van der Waals surface area (Å²) in [5.41, 5.74) is 4.93. The molecule has 3 aromatic rings. The second-order valence-corrected chi connectivity index (χ2v) is 8.00. The zero-order valence-electron chi connectivity index (χ0n) is 18.0. The summed E-state index contributed by atoms with van der Waals surface area (Å²) in [6.45, 7) is 6.41. The topological polar surface area (TPSA) is 107 Å². The van der Waals surface area contributed by atoms with Crippen molar-refractivity contribution in [2.75, 3.05) is 5.32 Å². The summed E-state index contributed by atoms with van der Waals surface area (Å²) in [4.78, 5) is 31.8. The van der Waals surface area contributed by atoms with Crippen molar-refractivity contribution in [3.05, 3.63) is 71.8 Å². The number of hydrogen-bond donors (Lipinski definition) is 4. The van der Waals surface area contributed by atoms with E-state index in [4.69, 9.17) is 0 Å². The summed E-state index contributed by atoms with van der Waals surface area (Å²) < 4.78 is 0. The minimum atomic E-state index is -1.03. The highest BCUT2D eigenvalue weighted by atomic mass is 16.4. The van der Waals surface area contributed by atoms with E-state index in [-0.39, 0.29) is 5.92 Å². The van der Waals surface area contributed by atoms with E-state index < -0.39 is 17.9 Å². The van der Waals surface area contributed by atoms with E-state index in [1.807, 2.05) is 57.2 Å². The molecule has 7 heteroatoms. The van der Waals surface area contributed by atoms with Gasteiger partial charge in [0, 0.05) is 17.4 Å². The molecule has 0 radical (unpaired) electrons. The SMILES string of the molecule is Cc1ccccc1-c1cc(NCc2cnc[nH]2)ccc1C(=O)N[C@@H](CC(C)C)C(=O)O. The van der Waals surface area contributed by atoms with Crippen LogP contribution in [0, 0.1) is 12.8 Å². The van der Waals surface area contributed by atoms with Crippen LogP contribution in [-0.4, -0.2) is 33.0 Å². The van der Waals surface area contributed by atoms with Gasteiger partial charge in [0.25, 0.3) is 5.91 Å². The predicted octanol–water partition coefficient (Wildman–Crippen LogP) is 4.23. The second kappa shape index (κ2) is 9.93. The minimum Gasteiger partial charge on any atom is -0.480 e. The van der Waals surface area contributed by atoms with Gasteiger partial charge in [0.2, 0.25) is 0 Å². The summed E-state index contributed by atoms with van der Waals surface area (Å²) in [5.74, 6) is -1.28. The Kier molecular flexibility index (Phi) is 7.07. The number of rotatable bonds is 9. The lowest BCUT2D eigenvalue weighted by molar-refractivity contribution is -0.139. The summed E-state index contributed by atoms with van der Waals surface area (Å²) >= 11 is 0. The van der Waals surface area contributed by atoms with E-state index in [9.17, 15) is 14.7 Å². The first-order chi connectivity index (χ1) is 14.8. The molecule has 3 rings (SSSR count). The number of aryl methyl sites for hydroxylation is 1. The number of nitrogens with one attached hydrogen (secondary N) is 3. The fraction of sp³-hybridized carbons (Fsp3) is 0.292. The van der Waals surface area contributed by atoms with Crippen LogP contribution >= 0.6 is 0 Å². The van der Waals surface area contributed by atoms with Crippen LogP contribution in [0.2, 0.25) is 0 Å². The molecule has 162 valence electrons. The molecule has 1 aromatic heterocycles. The average molecular weight is 421 g/mol. The fourth-order valence-electron chi connectivity index (χ4n) is 3.46. The lowest BCUT2D eigenvalue weighted by Crippen LogP contribution is -2.41. The predicted molar refractivity (Wildman–Crippen MR) is 121 cm³/mol. The molecule has 0 aliphatic heterocycles. The number of aromatic amines is 1. The van der Waals surface area contributed by atoms with Crippen molar-refractivity contribution in [3.63, 3.8) is 0 Å². The molecule has 0 saturated carbocycles. The number of H-pyrrole nitrogens is 1. The van der Waals surface area contributed by atoms with Gasteiger partial charge in [0.1, 0.15) is 6.04 Å². The van der Waals surface area contributed by atoms with E-state index in [1.165, 1.54) is 0 Å². The number of amides is 1. The van der Waals surface area contributed by atoms with Gasteiger partial charge in [0.15, 0.2) is 0 Å². The van der Waals surface area contributed by atoms with Gasteiger partial charge >= 0.3 is 5.97 Å². The molecule has 31 heavy (non-hydrogen) atoms. The van der Waals surface area contributed by atoms with Crippen molar-refractivity contribution in [2.24, 2.45) is 5.92 Å². The Labute approximate surface area is 181 Å². The van der Waals surface area contributed by atoms with E-state index in [2.05, 4.69) is 20.6 Å². The third kappa shape index (κ3) is 5.72. The van der Waals surface area contributed by atoms with Crippen LogP contribution in [0.25, 0.3) is 11.1 Å². The van der Waals surface area contributed by atoms with Crippen molar-refractivity contribution >= 4 is 17.6 Å². The summed E-state index contributed by atoms with van der Waals surface area (Å²) in [7, 11) is 0. The Balaban J connectivity index is 1.93. The number of aromatic nitrogens is 2. The van der Waals surface area contributed by atoms with Crippen molar-refractivity contribution in [3.8, 4) is 11.1 Å². The summed E-state index contributed by atoms with van der Waals surface area (Å²) in [6, 6.07) is 12.4. The van der Waals surface area contributed by atoms with E-state index >= 15 is 0 Å². The zero-order chi connectivity index (χ0) is 22.4. The van der Waals surface area contributed by atoms with E-state index in [0.29, 0.717) is 18.5 Å². The number of aliphatic carboxylic acids is 1. The number of imidazole rings is 1. The maximum absolute atomic E-state index is 13.1. The molecule has 0 spiro atoms. The van der Waals surface area contributed by atoms with Gasteiger partial charge < -0.3 is 20.7 Å². The number of carboxylic acid groups (broad SMARTS) is 1. The molecule has 0 aliphatic carbocycles. The van der Waals surface area contributed by atoms with Crippen LogP contribution in [0.1, 0.15) is 41.9 Å². The molecule has 1 atom stereocenters. The highest BCUT2D eigenvalue weighted by Crippen LogP contribution is 2.30. The van der Waals surface area contributed by atoms with Crippen molar-refractivity contribution < 1.29 is 14.7 Å². The molecule has 0 aliphatic rings. The normalized spacial score (nSPS) is 11.9. The lowest BCUT2D eigenvalue weighted by Gasteiger charge is -2.19. The van der Waals surface area contributed by atoms with E-state index in [1.54, 1.807) is 18.6 Å². The quantitative estimate of drug-likeness (QED) is 0.414. The third-order valence-corrected chi connectivity index (χ3v) is 5.05. The Bertz CT molecular complexity index is 1040. The maximum Gasteiger partial charge on any atom is 0.326 e. The molecule has 1 heterocycles. The van der Waals surface area contributed by atoms with Gasteiger partial charge in [-0.25, -0.2) is 9.78 Å². The van der Waals surface area contributed by atoms with Gasteiger partial charge in [-0.2, -0.15) is 0 Å². The number of nitrogens with zero attached hydrogens (tertiary/aromatic N) is 1. The first-order valence-electron chi connectivity index (χ1n) is 10.3. The van der Waals surface area contributed by atoms with Gasteiger partial charge in [-0.05, 0) is 54.2 Å². The Morgan fingerprint density at radius 3 is 2.55 bits per heavy atom. The van der Waals surface area contributed by atoms with Crippen molar-refractivity contribution in [1.29, 1.82) is 0 Å². The maximum atomic E-state index is 13.1. The van der Waals surface area contributed by atoms with Crippen molar-refractivity contribution in [1.82, 2.24) is 15.3 Å². The molecule has 0 bridgehead atoms. The van der Waals surface area contributed by atoms with Crippen LogP contribution in [-0.2, 0) is 11.3 Å². The largest absolute Gasteiger partial charge is 0.480 e. The van der Waals surface area contributed by atoms with Gasteiger partial charge in [0.05, 0.1) is 18.6 Å². The smallest absolute Gasteiger partial charge is 0.326 e. The van der Waals surface area contributed by atoms with Gasteiger partial charge in [-0.3, -0.25) is 4.79 Å². The molecule has 2 aromatic carbocycles. The lowest BCUT2D eigenvalue weighted by atomic mass is 9.94. The van der Waals surface area contributed by atoms with Gasteiger partial charge in [-0.1, -0.05) is 38.1 Å².